The second-order valence-corrected chi connectivity index (χ2v) is 7.63. The van der Waals surface area contributed by atoms with Gasteiger partial charge in [0.2, 0.25) is 10.0 Å². The van der Waals surface area contributed by atoms with Crippen LogP contribution in [-0.2, 0) is 23.6 Å². The normalized spacial score (nSPS) is 13.5. The summed E-state index contributed by atoms with van der Waals surface area (Å²) < 4.78 is 28.3. The summed E-state index contributed by atoms with van der Waals surface area (Å²) in [5, 5.41) is 4.06. The van der Waals surface area contributed by atoms with E-state index in [1.54, 1.807) is 37.1 Å². The first-order valence-electron chi connectivity index (χ1n) is 7.39. The van der Waals surface area contributed by atoms with Crippen molar-refractivity contribution in [2.45, 2.75) is 37.6 Å². The van der Waals surface area contributed by atoms with E-state index in [1.165, 1.54) is 4.31 Å². The van der Waals surface area contributed by atoms with Crippen molar-refractivity contribution in [1.29, 1.82) is 0 Å². The van der Waals surface area contributed by atoms with Crippen molar-refractivity contribution < 1.29 is 8.42 Å². The molecule has 120 valence electrons. The minimum atomic E-state index is -3.49. The Morgan fingerprint density at radius 3 is 2.36 bits per heavy atom. The Balaban J connectivity index is 2.20. The first-order valence-corrected chi connectivity index (χ1v) is 8.83. The lowest BCUT2D eigenvalue weighted by Crippen LogP contribution is -2.27. The van der Waals surface area contributed by atoms with Gasteiger partial charge in [0.1, 0.15) is 0 Å². The second-order valence-electron chi connectivity index (χ2n) is 5.59. The van der Waals surface area contributed by atoms with Crippen LogP contribution in [0, 0.1) is 0 Å². The standard InChI is InChI=1S/C16H23N3O2S/c1-5-13(2)14-6-8-16(9-7-14)22(20,21)18(3)12-15-10-11-17-19(15)4/h6-11,13H,5,12H2,1-4H3. The Morgan fingerprint density at radius 1 is 1.23 bits per heavy atom. The van der Waals surface area contributed by atoms with Gasteiger partial charge < -0.3 is 0 Å². The number of hydrogen-bond acceptors (Lipinski definition) is 3. The van der Waals surface area contributed by atoms with E-state index in [-0.39, 0.29) is 0 Å². The molecule has 1 atom stereocenters. The van der Waals surface area contributed by atoms with Crippen LogP contribution in [0.2, 0.25) is 0 Å². The van der Waals surface area contributed by atoms with Gasteiger partial charge in [-0.3, -0.25) is 4.68 Å². The van der Waals surface area contributed by atoms with Crippen LogP contribution < -0.4 is 0 Å². The smallest absolute Gasteiger partial charge is 0.243 e. The molecule has 0 aliphatic rings. The van der Waals surface area contributed by atoms with Crippen LogP contribution in [0.25, 0.3) is 0 Å². The molecular weight excluding hydrogens is 298 g/mol. The summed E-state index contributed by atoms with van der Waals surface area (Å²) in [5.74, 6) is 0.434. The first kappa shape index (κ1) is 16.7. The average Bonchev–Trinajstić information content (AvgIpc) is 2.91. The maximum absolute atomic E-state index is 12.6. The molecule has 0 amide bonds. The monoisotopic (exact) mass is 321 g/mol. The Labute approximate surface area is 132 Å². The molecule has 0 saturated heterocycles. The van der Waals surface area contributed by atoms with Crippen molar-refractivity contribution in [3.8, 4) is 0 Å². The Hall–Kier alpha value is -1.66. The predicted molar refractivity (Wildman–Crippen MR) is 87.0 cm³/mol. The van der Waals surface area contributed by atoms with Gasteiger partial charge in [-0.1, -0.05) is 26.0 Å². The quantitative estimate of drug-likeness (QED) is 0.822. The molecule has 0 spiro atoms. The van der Waals surface area contributed by atoms with Crippen molar-refractivity contribution in [3.05, 3.63) is 47.8 Å². The van der Waals surface area contributed by atoms with Crippen molar-refractivity contribution in [1.82, 2.24) is 14.1 Å². The van der Waals surface area contributed by atoms with E-state index in [2.05, 4.69) is 18.9 Å². The summed E-state index contributed by atoms with van der Waals surface area (Å²) in [6, 6.07) is 9.00. The molecule has 0 N–H and O–H groups in total. The van der Waals surface area contributed by atoms with Crippen LogP contribution in [0.5, 0.6) is 0 Å². The van der Waals surface area contributed by atoms with E-state index in [0.29, 0.717) is 17.4 Å². The third kappa shape index (κ3) is 3.39. The van der Waals surface area contributed by atoms with Gasteiger partial charge in [-0.05, 0) is 36.1 Å². The predicted octanol–water partition coefficient (Wildman–Crippen LogP) is 2.75. The number of nitrogens with zero attached hydrogens (tertiary/aromatic N) is 3. The van der Waals surface area contributed by atoms with Gasteiger partial charge in [0.05, 0.1) is 17.1 Å². The SMILES string of the molecule is CCC(C)c1ccc(S(=O)(=O)N(C)Cc2ccnn2C)cc1. The highest BCUT2D eigenvalue weighted by atomic mass is 32.2. The largest absolute Gasteiger partial charge is 0.271 e. The van der Waals surface area contributed by atoms with Crippen LogP contribution in [0.3, 0.4) is 0 Å². The molecule has 1 aromatic carbocycles. The summed E-state index contributed by atoms with van der Waals surface area (Å²) in [4.78, 5) is 0.323. The molecule has 0 radical (unpaired) electrons. The topological polar surface area (TPSA) is 55.2 Å². The van der Waals surface area contributed by atoms with Crippen LogP contribution in [0.15, 0.2) is 41.4 Å². The lowest BCUT2D eigenvalue weighted by molar-refractivity contribution is 0.453. The molecule has 22 heavy (non-hydrogen) atoms. The molecule has 2 aromatic rings. The number of benzene rings is 1. The highest BCUT2D eigenvalue weighted by Gasteiger charge is 2.21. The lowest BCUT2D eigenvalue weighted by atomic mass is 9.99. The number of aromatic nitrogens is 2. The van der Waals surface area contributed by atoms with Crippen LogP contribution in [0.1, 0.15) is 37.4 Å². The van der Waals surface area contributed by atoms with E-state index in [4.69, 9.17) is 0 Å². The molecule has 1 unspecified atom stereocenters. The van der Waals surface area contributed by atoms with Crippen LogP contribution >= 0.6 is 0 Å². The number of rotatable bonds is 6. The fourth-order valence-corrected chi connectivity index (χ4v) is 3.40. The number of sulfonamides is 1. The minimum absolute atomic E-state index is 0.298. The summed E-state index contributed by atoms with van der Waals surface area (Å²) in [6.07, 6.45) is 2.70. The van der Waals surface area contributed by atoms with Crippen LogP contribution in [0.4, 0.5) is 0 Å². The first-order chi connectivity index (χ1) is 10.4. The Morgan fingerprint density at radius 2 is 1.86 bits per heavy atom. The maximum Gasteiger partial charge on any atom is 0.243 e. The van der Waals surface area contributed by atoms with E-state index >= 15 is 0 Å². The highest BCUT2D eigenvalue weighted by Crippen LogP contribution is 2.22. The van der Waals surface area contributed by atoms with Gasteiger partial charge >= 0.3 is 0 Å². The van der Waals surface area contributed by atoms with E-state index in [1.807, 2.05) is 18.2 Å². The number of hydrogen-bond donors (Lipinski definition) is 0. The summed E-state index contributed by atoms with van der Waals surface area (Å²) in [5.41, 5.74) is 2.01. The zero-order valence-corrected chi connectivity index (χ0v) is 14.3. The van der Waals surface area contributed by atoms with Gasteiger partial charge in [0.25, 0.3) is 0 Å². The van der Waals surface area contributed by atoms with Gasteiger partial charge in [0.15, 0.2) is 0 Å². The third-order valence-corrected chi connectivity index (χ3v) is 5.89. The van der Waals surface area contributed by atoms with Crippen molar-refractivity contribution >= 4 is 10.0 Å². The number of aryl methyl sites for hydroxylation is 1. The summed E-state index contributed by atoms with van der Waals surface area (Å²) in [6.45, 7) is 4.56. The summed E-state index contributed by atoms with van der Waals surface area (Å²) in [7, 11) is -0.0983. The van der Waals surface area contributed by atoms with E-state index in [0.717, 1.165) is 17.7 Å². The average molecular weight is 321 g/mol. The Bertz CT molecular complexity index is 720. The highest BCUT2D eigenvalue weighted by molar-refractivity contribution is 7.89. The van der Waals surface area contributed by atoms with E-state index < -0.39 is 10.0 Å². The summed E-state index contributed by atoms with van der Waals surface area (Å²) >= 11 is 0. The van der Waals surface area contributed by atoms with Crippen molar-refractivity contribution in [3.63, 3.8) is 0 Å². The molecule has 1 aromatic heterocycles. The Kier molecular flexibility index (Phi) is 5.03. The van der Waals surface area contributed by atoms with Gasteiger partial charge in [-0.2, -0.15) is 9.40 Å². The molecule has 6 heteroatoms. The zero-order valence-electron chi connectivity index (χ0n) is 13.5. The van der Waals surface area contributed by atoms with Crippen molar-refractivity contribution in [2.24, 2.45) is 7.05 Å². The molecule has 0 aliphatic carbocycles. The zero-order chi connectivity index (χ0) is 16.3. The molecule has 0 bridgehead atoms. The molecule has 0 aliphatic heterocycles. The molecule has 1 heterocycles. The molecule has 5 nitrogen and oxygen atoms in total. The molecular formula is C16H23N3O2S. The molecule has 0 fully saturated rings. The maximum atomic E-state index is 12.6. The van der Waals surface area contributed by atoms with E-state index in [9.17, 15) is 8.42 Å². The third-order valence-electron chi connectivity index (χ3n) is 4.08. The second kappa shape index (κ2) is 6.62. The fraction of sp³-hybridized carbons (Fsp3) is 0.438. The lowest BCUT2D eigenvalue weighted by Gasteiger charge is -2.18. The van der Waals surface area contributed by atoms with Gasteiger partial charge in [-0.15, -0.1) is 0 Å². The van der Waals surface area contributed by atoms with Gasteiger partial charge in [-0.25, -0.2) is 8.42 Å². The molecule has 2 rings (SSSR count). The fourth-order valence-electron chi connectivity index (χ4n) is 2.25. The van der Waals surface area contributed by atoms with Crippen molar-refractivity contribution in [2.75, 3.05) is 7.05 Å². The minimum Gasteiger partial charge on any atom is -0.271 e. The van der Waals surface area contributed by atoms with Gasteiger partial charge in [0, 0.05) is 20.3 Å². The van der Waals surface area contributed by atoms with Crippen LogP contribution in [-0.4, -0.2) is 29.6 Å². The molecule has 0 saturated carbocycles.